The Bertz CT molecular complexity index is 446. The molecule has 2 aromatic rings. The lowest BCUT2D eigenvalue weighted by Crippen LogP contribution is -2.13. The number of fused-ring (bicyclic) bond motifs is 3. The summed E-state index contributed by atoms with van der Waals surface area (Å²) in [6.07, 6.45) is 7.83. The van der Waals surface area contributed by atoms with Gasteiger partial charge in [0.25, 0.3) is 0 Å². The minimum Gasteiger partial charge on any atom is -0.383 e. The van der Waals surface area contributed by atoms with E-state index in [2.05, 4.69) is 15.4 Å². The minimum atomic E-state index is 0.990. The van der Waals surface area contributed by atoms with Gasteiger partial charge in [-0.3, -0.25) is 0 Å². The van der Waals surface area contributed by atoms with E-state index in [4.69, 9.17) is 0 Å². The van der Waals surface area contributed by atoms with Crippen LogP contribution >= 0.6 is 0 Å². The molecule has 3 heterocycles. The molecule has 0 radical (unpaired) electrons. The largest absolute Gasteiger partial charge is 0.383 e. The summed E-state index contributed by atoms with van der Waals surface area (Å²) >= 11 is 0. The van der Waals surface area contributed by atoms with Gasteiger partial charge in [0.05, 0.1) is 11.9 Å². The molecule has 0 saturated carbocycles. The van der Waals surface area contributed by atoms with Crippen LogP contribution in [0.1, 0.15) is 12.0 Å². The van der Waals surface area contributed by atoms with Crippen molar-refractivity contribution in [1.82, 2.24) is 14.6 Å². The second-order valence-electron chi connectivity index (χ2n) is 3.26. The van der Waals surface area contributed by atoms with E-state index in [9.17, 15) is 0 Å². The van der Waals surface area contributed by atoms with Crippen molar-refractivity contribution in [2.24, 2.45) is 0 Å². The third-order valence-electron chi connectivity index (χ3n) is 2.45. The molecule has 4 heteroatoms. The van der Waals surface area contributed by atoms with Crippen LogP contribution in [-0.4, -0.2) is 21.1 Å². The van der Waals surface area contributed by atoms with E-state index in [-0.39, 0.29) is 0 Å². The smallest absolute Gasteiger partial charge is 0.158 e. The molecule has 1 N–H and O–H groups in total. The number of rotatable bonds is 0. The summed E-state index contributed by atoms with van der Waals surface area (Å²) in [5.41, 5.74) is 3.43. The number of anilines is 1. The lowest BCUT2D eigenvalue weighted by Gasteiger charge is -2.17. The maximum Gasteiger partial charge on any atom is 0.158 e. The first-order valence-electron chi connectivity index (χ1n) is 4.50. The van der Waals surface area contributed by atoms with Gasteiger partial charge in [0.1, 0.15) is 0 Å². The Morgan fingerprint density at radius 2 is 2.46 bits per heavy atom. The second-order valence-corrected chi connectivity index (χ2v) is 3.26. The molecule has 0 aliphatic carbocycles. The van der Waals surface area contributed by atoms with Gasteiger partial charge < -0.3 is 5.32 Å². The second kappa shape index (κ2) is 2.45. The topological polar surface area (TPSA) is 42.2 Å². The van der Waals surface area contributed by atoms with Crippen LogP contribution in [0.15, 0.2) is 18.6 Å². The number of aromatic nitrogens is 3. The number of nitrogens with zero attached hydrogens (tertiary/aromatic N) is 3. The Labute approximate surface area is 75.6 Å². The quantitative estimate of drug-likeness (QED) is 0.650. The Morgan fingerprint density at radius 3 is 3.46 bits per heavy atom. The highest BCUT2D eigenvalue weighted by Crippen LogP contribution is 2.23. The first kappa shape index (κ1) is 6.88. The highest BCUT2D eigenvalue weighted by molar-refractivity contribution is 5.63. The lowest BCUT2D eigenvalue weighted by atomic mass is 10.1. The van der Waals surface area contributed by atoms with Gasteiger partial charge in [-0.2, -0.15) is 5.10 Å². The van der Waals surface area contributed by atoms with Gasteiger partial charge in [-0.05, 0) is 12.8 Å². The predicted octanol–water partition coefficient (Wildman–Crippen LogP) is 1.09. The van der Waals surface area contributed by atoms with E-state index < -0.39 is 0 Å². The molecule has 0 amide bonds. The van der Waals surface area contributed by atoms with E-state index >= 15 is 0 Å². The van der Waals surface area contributed by atoms with Crippen molar-refractivity contribution in [1.29, 1.82) is 0 Å². The molecule has 0 aromatic carbocycles. The third kappa shape index (κ3) is 0.915. The Kier molecular flexibility index (Phi) is 1.30. The molecule has 1 aliphatic rings. The molecule has 0 saturated heterocycles. The molecule has 1 aliphatic heterocycles. The zero-order valence-corrected chi connectivity index (χ0v) is 7.20. The minimum absolute atomic E-state index is 0.990. The molecule has 4 nitrogen and oxygen atoms in total. The molecule has 0 unspecified atom stereocenters. The standard InChI is InChI=1S/C9H10N4/c1-2-7-8(10-3-1)6-12-13-5-4-11-9(7)13/h4-6,10H,1-3H2. The van der Waals surface area contributed by atoms with Crippen LogP contribution in [0.5, 0.6) is 0 Å². The van der Waals surface area contributed by atoms with E-state index in [1.165, 1.54) is 12.0 Å². The molecule has 0 spiro atoms. The number of hydrogen-bond acceptors (Lipinski definition) is 3. The molecule has 66 valence electrons. The van der Waals surface area contributed by atoms with Gasteiger partial charge in [-0.25, -0.2) is 9.50 Å². The van der Waals surface area contributed by atoms with Gasteiger partial charge >= 0.3 is 0 Å². The van der Waals surface area contributed by atoms with Gasteiger partial charge in [-0.1, -0.05) is 0 Å². The lowest BCUT2D eigenvalue weighted by molar-refractivity contribution is 0.808. The first-order chi connectivity index (χ1) is 6.45. The van der Waals surface area contributed by atoms with Crippen LogP contribution in [-0.2, 0) is 6.42 Å². The normalized spacial score (nSPS) is 15.4. The van der Waals surface area contributed by atoms with Crippen LogP contribution in [0.2, 0.25) is 0 Å². The summed E-state index contributed by atoms with van der Waals surface area (Å²) in [7, 11) is 0. The number of aryl methyl sites for hydroxylation is 1. The predicted molar refractivity (Wildman–Crippen MR) is 49.8 cm³/mol. The number of hydrogen-bond donors (Lipinski definition) is 1. The molecule has 0 fully saturated rings. The van der Waals surface area contributed by atoms with E-state index in [1.54, 1.807) is 6.20 Å². The molecule has 3 rings (SSSR count). The zero-order chi connectivity index (χ0) is 8.67. The van der Waals surface area contributed by atoms with Crippen molar-refractivity contribution in [2.45, 2.75) is 12.8 Å². The summed E-state index contributed by atoms with van der Waals surface area (Å²) in [6.45, 7) is 1.05. The van der Waals surface area contributed by atoms with Crippen LogP contribution in [0.25, 0.3) is 5.65 Å². The average Bonchev–Trinajstić information content (AvgIpc) is 2.65. The van der Waals surface area contributed by atoms with Crippen LogP contribution in [0.3, 0.4) is 0 Å². The van der Waals surface area contributed by atoms with E-state index in [1.807, 2.05) is 16.9 Å². The third-order valence-corrected chi connectivity index (χ3v) is 2.45. The fraction of sp³-hybridized carbons (Fsp3) is 0.333. The monoisotopic (exact) mass is 174 g/mol. The highest BCUT2D eigenvalue weighted by atomic mass is 15.2. The maximum atomic E-state index is 4.29. The summed E-state index contributed by atoms with van der Waals surface area (Å²) in [4.78, 5) is 4.29. The Balaban J connectivity index is 2.34. The SMILES string of the molecule is c1cn2ncc3c(c2n1)CCCN3. The fourth-order valence-electron chi connectivity index (χ4n) is 1.81. The van der Waals surface area contributed by atoms with E-state index in [0.29, 0.717) is 0 Å². The first-order valence-corrected chi connectivity index (χ1v) is 4.50. The highest BCUT2D eigenvalue weighted by Gasteiger charge is 2.13. The molecule has 0 atom stereocenters. The summed E-state index contributed by atoms with van der Waals surface area (Å²) in [6, 6.07) is 0. The Hall–Kier alpha value is -1.58. The van der Waals surface area contributed by atoms with Crippen molar-refractivity contribution >= 4 is 11.3 Å². The van der Waals surface area contributed by atoms with Crippen molar-refractivity contribution in [3.63, 3.8) is 0 Å². The van der Waals surface area contributed by atoms with Gasteiger partial charge in [-0.15, -0.1) is 0 Å². The van der Waals surface area contributed by atoms with Crippen LogP contribution < -0.4 is 5.32 Å². The molecule has 13 heavy (non-hydrogen) atoms. The molecular formula is C9H10N4. The van der Waals surface area contributed by atoms with Crippen LogP contribution in [0.4, 0.5) is 5.69 Å². The van der Waals surface area contributed by atoms with Gasteiger partial charge in [0, 0.05) is 24.5 Å². The number of imidazole rings is 1. The molecule has 0 bridgehead atoms. The zero-order valence-electron chi connectivity index (χ0n) is 7.20. The molecular weight excluding hydrogens is 164 g/mol. The fourth-order valence-corrected chi connectivity index (χ4v) is 1.81. The van der Waals surface area contributed by atoms with E-state index in [0.717, 1.165) is 24.3 Å². The van der Waals surface area contributed by atoms with Gasteiger partial charge in [0.15, 0.2) is 5.65 Å². The Morgan fingerprint density at radius 1 is 1.46 bits per heavy atom. The summed E-state index contributed by atoms with van der Waals surface area (Å²) in [5, 5.41) is 7.57. The average molecular weight is 174 g/mol. The van der Waals surface area contributed by atoms with Crippen molar-refractivity contribution < 1.29 is 0 Å². The summed E-state index contributed by atoms with van der Waals surface area (Å²) in [5.74, 6) is 0. The van der Waals surface area contributed by atoms with Crippen molar-refractivity contribution in [3.8, 4) is 0 Å². The summed E-state index contributed by atoms with van der Waals surface area (Å²) < 4.78 is 1.83. The van der Waals surface area contributed by atoms with Crippen LogP contribution in [0, 0.1) is 0 Å². The number of nitrogens with one attached hydrogen (secondary N) is 1. The maximum absolute atomic E-state index is 4.29. The molecule has 2 aromatic heterocycles. The van der Waals surface area contributed by atoms with Crippen molar-refractivity contribution in [2.75, 3.05) is 11.9 Å². The van der Waals surface area contributed by atoms with Crippen molar-refractivity contribution in [3.05, 3.63) is 24.2 Å². The van der Waals surface area contributed by atoms with Gasteiger partial charge in [0.2, 0.25) is 0 Å².